The summed E-state index contributed by atoms with van der Waals surface area (Å²) < 4.78 is 0. The Balaban J connectivity index is 2.40. The summed E-state index contributed by atoms with van der Waals surface area (Å²) in [5.74, 6) is 0.623. The number of allylic oxidation sites excluding steroid dienone is 2. The molecule has 2 nitrogen and oxygen atoms in total. The van der Waals surface area contributed by atoms with Gasteiger partial charge in [0.1, 0.15) is 11.5 Å². The minimum atomic E-state index is -0.0272. The van der Waals surface area contributed by atoms with Crippen molar-refractivity contribution in [3.05, 3.63) is 34.9 Å². The van der Waals surface area contributed by atoms with E-state index in [1.807, 2.05) is 12.1 Å². The van der Waals surface area contributed by atoms with Gasteiger partial charge < -0.3 is 10.2 Å². The minimum absolute atomic E-state index is 0.0272. The third kappa shape index (κ3) is 3.42. The van der Waals surface area contributed by atoms with Gasteiger partial charge >= 0.3 is 0 Å². The fraction of sp³-hybridized carbons (Fsp3) is 0.579. The molecule has 1 aliphatic carbocycles. The SMILES string of the molecule is CCCC(C)(C)c1cc(O)c([C@@H]2C=C(C)CCC2)c(O)c1. The van der Waals surface area contributed by atoms with E-state index in [9.17, 15) is 10.2 Å². The van der Waals surface area contributed by atoms with Gasteiger partial charge in [0, 0.05) is 11.5 Å². The molecule has 0 saturated heterocycles. The third-order valence-corrected chi connectivity index (χ3v) is 4.74. The van der Waals surface area contributed by atoms with E-state index in [1.165, 1.54) is 5.57 Å². The molecule has 0 bridgehead atoms. The summed E-state index contributed by atoms with van der Waals surface area (Å²) in [7, 11) is 0. The van der Waals surface area contributed by atoms with E-state index in [0.717, 1.165) is 37.7 Å². The molecule has 0 heterocycles. The average molecular weight is 288 g/mol. The lowest BCUT2D eigenvalue weighted by atomic mass is 9.78. The van der Waals surface area contributed by atoms with Crippen molar-refractivity contribution in [3.63, 3.8) is 0 Å². The zero-order chi connectivity index (χ0) is 15.6. The molecule has 1 aromatic carbocycles. The van der Waals surface area contributed by atoms with Crippen LogP contribution in [0, 0.1) is 0 Å². The standard InChI is InChI=1S/C19H28O2/c1-5-9-19(3,4)15-11-16(20)18(17(21)12-15)14-8-6-7-13(2)10-14/h10-12,14,20-21H,5-9H2,1-4H3/t14-/m0/s1. The molecular weight excluding hydrogens is 260 g/mol. The van der Waals surface area contributed by atoms with Crippen LogP contribution >= 0.6 is 0 Å². The van der Waals surface area contributed by atoms with Crippen LogP contribution in [-0.4, -0.2) is 10.2 Å². The Bertz CT molecular complexity index is 517. The first-order chi connectivity index (χ1) is 9.85. The number of phenolic OH excluding ortho intramolecular Hbond substituents is 2. The molecule has 0 aromatic heterocycles. The molecule has 116 valence electrons. The van der Waals surface area contributed by atoms with Gasteiger partial charge in [-0.2, -0.15) is 0 Å². The van der Waals surface area contributed by atoms with Crippen molar-refractivity contribution in [2.75, 3.05) is 0 Å². The van der Waals surface area contributed by atoms with Gasteiger partial charge in [-0.15, -0.1) is 0 Å². The lowest BCUT2D eigenvalue weighted by Gasteiger charge is -2.27. The van der Waals surface area contributed by atoms with Crippen LogP contribution in [-0.2, 0) is 5.41 Å². The summed E-state index contributed by atoms with van der Waals surface area (Å²) in [6, 6.07) is 3.70. The van der Waals surface area contributed by atoms with Gasteiger partial charge in [-0.1, -0.05) is 38.8 Å². The predicted molar refractivity (Wildman–Crippen MR) is 88.1 cm³/mol. The fourth-order valence-corrected chi connectivity index (χ4v) is 3.50. The minimum Gasteiger partial charge on any atom is -0.507 e. The number of aromatic hydroxyl groups is 2. The molecule has 2 rings (SSSR count). The van der Waals surface area contributed by atoms with Crippen molar-refractivity contribution in [1.29, 1.82) is 0 Å². The zero-order valence-corrected chi connectivity index (χ0v) is 13.7. The maximum atomic E-state index is 10.5. The summed E-state index contributed by atoms with van der Waals surface area (Å²) in [5, 5.41) is 20.9. The molecule has 1 atom stereocenters. The summed E-state index contributed by atoms with van der Waals surface area (Å²) in [6.45, 7) is 8.61. The first-order valence-electron chi connectivity index (χ1n) is 8.09. The van der Waals surface area contributed by atoms with E-state index >= 15 is 0 Å². The summed E-state index contributed by atoms with van der Waals surface area (Å²) >= 11 is 0. The highest BCUT2D eigenvalue weighted by Gasteiger charge is 2.25. The van der Waals surface area contributed by atoms with Crippen LogP contribution in [0.25, 0.3) is 0 Å². The fourth-order valence-electron chi connectivity index (χ4n) is 3.50. The average Bonchev–Trinajstić information content (AvgIpc) is 2.37. The number of rotatable bonds is 4. The summed E-state index contributed by atoms with van der Waals surface area (Å²) in [6.07, 6.45) is 7.55. The Morgan fingerprint density at radius 3 is 2.33 bits per heavy atom. The van der Waals surface area contributed by atoms with Crippen molar-refractivity contribution < 1.29 is 10.2 Å². The van der Waals surface area contributed by atoms with Crippen molar-refractivity contribution in [3.8, 4) is 11.5 Å². The molecular formula is C19H28O2. The maximum absolute atomic E-state index is 10.5. The second kappa shape index (κ2) is 6.13. The Kier molecular flexibility index (Phi) is 4.65. The molecule has 0 unspecified atom stereocenters. The number of phenols is 2. The Hall–Kier alpha value is -1.44. The van der Waals surface area contributed by atoms with Crippen LogP contribution in [0.5, 0.6) is 11.5 Å². The number of hydrogen-bond acceptors (Lipinski definition) is 2. The van der Waals surface area contributed by atoms with Gasteiger partial charge in [-0.05, 0) is 55.7 Å². The molecule has 1 aromatic rings. The maximum Gasteiger partial charge on any atom is 0.123 e. The van der Waals surface area contributed by atoms with Crippen LogP contribution in [0.1, 0.15) is 76.8 Å². The van der Waals surface area contributed by atoms with Gasteiger partial charge in [-0.25, -0.2) is 0 Å². The topological polar surface area (TPSA) is 40.5 Å². The first-order valence-corrected chi connectivity index (χ1v) is 8.09. The van der Waals surface area contributed by atoms with E-state index < -0.39 is 0 Å². The third-order valence-electron chi connectivity index (χ3n) is 4.74. The van der Waals surface area contributed by atoms with Gasteiger partial charge in [0.2, 0.25) is 0 Å². The Labute approximate surface area is 128 Å². The second-order valence-electron chi connectivity index (χ2n) is 7.07. The van der Waals surface area contributed by atoms with Crippen LogP contribution in [0.15, 0.2) is 23.8 Å². The number of hydrogen-bond donors (Lipinski definition) is 2. The van der Waals surface area contributed by atoms with Gasteiger partial charge in [0.05, 0.1) is 0 Å². The van der Waals surface area contributed by atoms with Crippen LogP contribution in [0.3, 0.4) is 0 Å². The lowest BCUT2D eigenvalue weighted by molar-refractivity contribution is 0.416. The normalized spacial score (nSPS) is 19.4. The van der Waals surface area contributed by atoms with Crippen molar-refractivity contribution >= 4 is 0 Å². The van der Waals surface area contributed by atoms with Gasteiger partial charge in [0.15, 0.2) is 0 Å². The van der Waals surface area contributed by atoms with Crippen molar-refractivity contribution in [2.24, 2.45) is 0 Å². The van der Waals surface area contributed by atoms with Crippen LogP contribution in [0.2, 0.25) is 0 Å². The monoisotopic (exact) mass is 288 g/mol. The Morgan fingerprint density at radius 2 is 1.81 bits per heavy atom. The predicted octanol–water partition coefficient (Wildman–Crippen LogP) is 5.39. The van der Waals surface area contributed by atoms with Crippen LogP contribution in [0.4, 0.5) is 0 Å². The zero-order valence-electron chi connectivity index (χ0n) is 13.7. The molecule has 0 amide bonds. The Morgan fingerprint density at radius 1 is 1.19 bits per heavy atom. The molecule has 2 N–H and O–H groups in total. The highest BCUT2D eigenvalue weighted by atomic mass is 16.3. The molecule has 0 radical (unpaired) electrons. The first kappa shape index (κ1) is 15.9. The molecule has 21 heavy (non-hydrogen) atoms. The second-order valence-corrected chi connectivity index (χ2v) is 7.07. The molecule has 0 fully saturated rings. The largest absolute Gasteiger partial charge is 0.507 e. The highest BCUT2D eigenvalue weighted by molar-refractivity contribution is 5.52. The summed E-state index contributed by atoms with van der Waals surface area (Å²) in [4.78, 5) is 0. The van der Waals surface area contributed by atoms with E-state index in [2.05, 4.69) is 33.8 Å². The van der Waals surface area contributed by atoms with E-state index in [0.29, 0.717) is 5.56 Å². The molecule has 0 spiro atoms. The number of benzene rings is 1. The molecule has 0 saturated carbocycles. The van der Waals surface area contributed by atoms with E-state index in [4.69, 9.17) is 0 Å². The highest BCUT2D eigenvalue weighted by Crippen LogP contribution is 2.43. The molecule has 2 heteroatoms. The smallest absolute Gasteiger partial charge is 0.123 e. The van der Waals surface area contributed by atoms with E-state index in [1.54, 1.807) is 0 Å². The molecule has 1 aliphatic rings. The van der Waals surface area contributed by atoms with Gasteiger partial charge in [-0.3, -0.25) is 0 Å². The summed E-state index contributed by atoms with van der Waals surface area (Å²) in [5.41, 5.74) is 3.03. The van der Waals surface area contributed by atoms with Crippen LogP contribution < -0.4 is 0 Å². The quantitative estimate of drug-likeness (QED) is 0.729. The van der Waals surface area contributed by atoms with Crippen molar-refractivity contribution in [1.82, 2.24) is 0 Å². The van der Waals surface area contributed by atoms with E-state index in [-0.39, 0.29) is 22.8 Å². The molecule has 0 aliphatic heterocycles. The lowest BCUT2D eigenvalue weighted by Crippen LogP contribution is -2.17. The van der Waals surface area contributed by atoms with Crippen molar-refractivity contribution in [2.45, 2.75) is 71.1 Å². The van der Waals surface area contributed by atoms with Gasteiger partial charge in [0.25, 0.3) is 0 Å².